The van der Waals surface area contributed by atoms with Gasteiger partial charge in [-0.25, -0.2) is 0 Å². The molecule has 3 nitrogen and oxygen atoms in total. The number of unbranched alkanes of at least 4 members (excludes halogenated alkanes) is 2. The first kappa shape index (κ1) is 20.2. The molecule has 0 fully saturated rings. The molecule has 0 aliphatic heterocycles. The van der Waals surface area contributed by atoms with Crippen molar-refractivity contribution in [3.8, 4) is 0 Å². The van der Waals surface area contributed by atoms with Crippen LogP contribution >= 0.6 is 11.8 Å². The van der Waals surface area contributed by atoms with Crippen LogP contribution in [0, 0.1) is 0 Å². The molecular formula is C15H31O3SSi. The lowest BCUT2D eigenvalue weighted by molar-refractivity contribution is -0.111. The molecule has 20 heavy (non-hydrogen) atoms. The highest BCUT2D eigenvalue weighted by Gasteiger charge is 2.28. The number of hydrogen-bond acceptors (Lipinski definition) is 4. The molecule has 0 saturated carbocycles. The third kappa shape index (κ3) is 9.16. The van der Waals surface area contributed by atoms with Crippen LogP contribution in [0.2, 0.25) is 5.54 Å². The Hall–Kier alpha value is 0.157. The van der Waals surface area contributed by atoms with Crippen molar-refractivity contribution in [2.45, 2.75) is 76.5 Å². The lowest BCUT2D eigenvalue weighted by Gasteiger charge is -2.23. The second-order valence-electron chi connectivity index (χ2n) is 5.21. The normalized spacial score (nSPS) is 14.5. The monoisotopic (exact) mass is 319 g/mol. The third-order valence-electron chi connectivity index (χ3n) is 3.31. The van der Waals surface area contributed by atoms with E-state index >= 15 is 0 Å². The first-order chi connectivity index (χ1) is 9.58. The Labute approximate surface area is 131 Å². The van der Waals surface area contributed by atoms with Crippen molar-refractivity contribution in [2.75, 3.05) is 14.2 Å². The van der Waals surface area contributed by atoms with Crippen molar-refractivity contribution in [2.24, 2.45) is 0 Å². The second kappa shape index (κ2) is 12.9. The van der Waals surface area contributed by atoms with Crippen LogP contribution in [0.4, 0.5) is 0 Å². The van der Waals surface area contributed by atoms with Crippen molar-refractivity contribution in [1.82, 2.24) is 0 Å². The minimum atomic E-state index is -1.20. The molecule has 0 aliphatic carbocycles. The van der Waals surface area contributed by atoms with Gasteiger partial charge in [0.1, 0.15) is 0 Å². The zero-order valence-corrected chi connectivity index (χ0v) is 15.6. The maximum Gasteiger partial charge on any atom is 0.387 e. The summed E-state index contributed by atoms with van der Waals surface area (Å²) in [6.45, 7) is 6.50. The molecule has 1 radical (unpaired) electrons. The average molecular weight is 320 g/mol. The maximum absolute atomic E-state index is 11.9. The maximum atomic E-state index is 11.9. The Morgan fingerprint density at radius 3 is 2.30 bits per heavy atom. The predicted octanol–water partition coefficient (Wildman–Crippen LogP) is 4.56. The van der Waals surface area contributed by atoms with E-state index in [-0.39, 0.29) is 0 Å². The van der Waals surface area contributed by atoms with Crippen LogP contribution in [0.1, 0.15) is 65.7 Å². The lowest BCUT2D eigenvalue weighted by Crippen LogP contribution is -2.28. The van der Waals surface area contributed by atoms with Crippen LogP contribution in [-0.2, 0) is 13.6 Å². The Bertz CT molecular complexity index is 247. The van der Waals surface area contributed by atoms with Gasteiger partial charge in [-0.1, -0.05) is 51.8 Å². The zero-order valence-electron chi connectivity index (χ0n) is 13.7. The first-order valence-electron chi connectivity index (χ1n) is 7.73. The minimum Gasteiger partial charge on any atom is -0.397 e. The molecule has 0 aromatic heterocycles. The fourth-order valence-electron chi connectivity index (χ4n) is 2.35. The van der Waals surface area contributed by atoms with E-state index in [1.165, 1.54) is 18.2 Å². The molecule has 2 unspecified atom stereocenters. The number of carbonyl (C=O) groups is 1. The molecule has 0 N–H and O–H groups in total. The summed E-state index contributed by atoms with van der Waals surface area (Å²) in [6, 6.07) is 0. The molecule has 0 heterocycles. The Morgan fingerprint density at radius 2 is 1.80 bits per heavy atom. The highest BCUT2D eigenvalue weighted by molar-refractivity contribution is 8.14. The van der Waals surface area contributed by atoms with Gasteiger partial charge >= 0.3 is 9.28 Å². The molecule has 0 rings (SSSR count). The Balaban J connectivity index is 4.17. The molecule has 0 aromatic carbocycles. The average Bonchev–Trinajstić information content (AvgIpc) is 2.40. The fourth-order valence-corrected chi connectivity index (χ4v) is 5.46. The summed E-state index contributed by atoms with van der Waals surface area (Å²) in [5, 5.41) is 0.691. The van der Waals surface area contributed by atoms with Crippen LogP contribution in [0.25, 0.3) is 0 Å². The molecule has 5 heteroatoms. The van der Waals surface area contributed by atoms with Crippen molar-refractivity contribution >= 4 is 26.2 Å². The van der Waals surface area contributed by atoms with E-state index in [2.05, 4.69) is 20.8 Å². The van der Waals surface area contributed by atoms with Gasteiger partial charge in [-0.05, 0) is 19.3 Å². The van der Waals surface area contributed by atoms with Crippen molar-refractivity contribution in [1.29, 1.82) is 0 Å². The van der Waals surface area contributed by atoms with Crippen molar-refractivity contribution in [3.05, 3.63) is 0 Å². The standard InChI is InChI=1S/C15H31O3SSi/c1-6-8-9-11-15(16)19-13(3)12-14(10-7-2)20(17-4)18-5/h13-14H,6-12H2,1-5H3. The van der Waals surface area contributed by atoms with Gasteiger partial charge < -0.3 is 8.85 Å². The van der Waals surface area contributed by atoms with Crippen LogP contribution in [0.15, 0.2) is 0 Å². The molecule has 0 spiro atoms. The molecule has 0 saturated heterocycles. The minimum absolute atomic E-state index is 0.338. The summed E-state index contributed by atoms with van der Waals surface area (Å²) in [4.78, 5) is 11.9. The largest absolute Gasteiger partial charge is 0.397 e. The Kier molecular flexibility index (Phi) is 13.0. The van der Waals surface area contributed by atoms with E-state index < -0.39 is 9.28 Å². The van der Waals surface area contributed by atoms with E-state index in [9.17, 15) is 4.79 Å². The molecule has 119 valence electrons. The van der Waals surface area contributed by atoms with Gasteiger partial charge in [0.25, 0.3) is 0 Å². The molecule has 0 aliphatic rings. The number of hydrogen-bond donors (Lipinski definition) is 0. The predicted molar refractivity (Wildman–Crippen MR) is 89.2 cm³/mol. The molecule has 0 aromatic rings. The van der Waals surface area contributed by atoms with Gasteiger partial charge in [0.2, 0.25) is 0 Å². The topological polar surface area (TPSA) is 35.5 Å². The Morgan fingerprint density at radius 1 is 1.15 bits per heavy atom. The summed E-state index contributed by atoms with van der Waals surface area (Å²) in [5.41, 5.74) is 0.464. The zero-order chi connectivity index (χ0) is 15.4. The van der Waals surface area contributed by atoms with E-state index in [4.69, 9.17) is 8.85 Å². The van der Waals surface area contributed by atoms with E-state index in [0.29, 0.717) is 22.3 Å². The van der Waals surface area contributed by atoms with Gasteiger partial charge in [-0.3, -0.25) is 4.79 Å². The van der Waals surface area contributed by atoms with E-state index in [1.54, 1.807) is 14.2 Å². The number of thioether (sulfide) groups is 1. The summed E-state index contributed by atoms with van der Waals surface area (Å²) < 4.78 is 11.0. The van der Waals surface area contributed by atoms with Crippen LogP contribution < -0.4 is 0 Å². The lowest BCUT2D eigenvalue weighted by atomic mass is 10.1. The smallest absolute Gasteiger partial charge is 0.387 e. The van der Waals surface area contributed by atoms with Gasteiger partial charge in [0.05, 0.1) is 0 Å². The van der Waals surface area contributed by atoms with E-state index in [1.807, 2.05) is 0 Å². The quantitative estimate of drug-likeness (QED) is 0.390. The number of rotatable bonds is 12. The summed E-state index contributed by atoms with van der Waals surface area (Å²) >= 11 is 1.51. The van der Waals surface area contributed by atoms with E-state index in [0.717, 1.165) is 32.1 Å². The SMILES string of the molecule is CCCCCC(=O)SC(C)CC(CCC)[Si](OC)OC. The summed E-state index contributed by atoms with van der Waals surface area (Å²) in [6.07, 6.45) is 7.32. The van der Waals surface area contributed by atoms with Crippen molar-refractivity contribution in [3.63, 3.8) is 0 Å². The highest BCUT2D eigenvalue weighted by Crippen LogP contribution is 2.30. The summed E-state index contributed by atoms with van der Waals surface area (Å²) in [7, 11) is 2.26. The van der Waals surface area contributed by atoms with Gasteiger partial charge in [-0.15, -0.1) is 0 Å². The van der Waals surface area contributed by atoms with Gasteiger partial charge in [0.15, 0.2) is 5.12 Å². The van der Waals surface area contributed by atoms with Gasteiger partial charge in [-0.2, -0.15) is 0 Å². The first-order valence-corrected chi connectivity index (χ1v) is 10.0. The number of carbonyl (C=O) groups excluding carboxylic acids is 1. The fraction of sp³-hybridized carbons (Fsp3) is 0.933. The van der Waals surface area contributed by atoms with Crippen LogP contribution in [0.3, 0.4) is 0 Å². The summed E-state index contributed by atoms with van der Waals surface area (Å²) in [5.74, 6) is 0. The van der Waals surface area contributed by atoms with Crippen molar-refractivity contribution < 1.29 is 13.6 Å². The highest BCUT2D eigenvalue weighted by atomic mass is 32.2. The van der Waals surface area contributed by atoms with Crippen LogP contribution in [-0.4, -0.2) is 33.9 Å². The molecular weight excluding hydrogens is 288 g/mol. The third-order valence-corrected chi connectivity index (χ3v) is 6.36. The molecule has 2 atom stereocenters. The second-order valence-corrected chi connectivity index (χ2v) is 8.97. The molecule has 0 bridgehead atoms. The molecule has 0 amide bonds. The van der Waals surface area contributed by atoms with Crippen LogP contribution in [0.5, 0.6) is 0 Å². The van der Waals surface area contributed by atoms with Gasteiger partial charge in [0, 0.05) is 31.4 Å².